The van der Waals surface area contributed by atoms with Crippen molar-refractivity contribution in [3.8, 4) is 11.5 Å². The van der Waals surface area contributed by atoms with Gasteiger partial charge in [-0.1, -0.05) is 19.1 Å². The van der Waals surface area contributed by atoms with E-state index in [2.05, 4.69) is 15.9 Å². The van der Waals surface area contributed by atoms with E-state index in [1.165, 1.54) is 24.1 Å². The molecule has 0 bridgehead atoms. The van der Waals surface area contributed by atoms with Crippen molar-refractivity contribution in [2.24, 2.45) is 0 Å². The highest BCUT2D eigenvalue weighted by atomic mass is 79.9. The molecule has 0 aromatic heterocycles. The first-order chi connectivity index (χ1) is 13.3. The fourth-order valence-corrected chi connectivity index (χ4v) is 3.25. The number of ether oxygens (including phenoxy) is 2. The summed E-state index contributed by atoms with van der Waals surface area (Å²) in [4.78, 5) is 25.1. The minimum Gasteiger partial charge on any atom is -0.493 e. The molecule has 7 nitrogen and oxygen atoms in total. The number of nitro groups is 1. The van der Waals surface area contributed by atoms with Gasteiger partial charge in [0.05, 0.1) is 29.2 Å². The molecule has 0 heterocycles. The third-order valence-electron chi connectivity index (χ3n) is 4.39. The summed E-state index contributed by atoms with van der Waals surface area (Å²) in [6.07, 6.45) is 0.847. The average Bonchev–Trinajstić information content (AvgIpc) is 2.70. The third kappa shape index (κ3) is 4.81. The number of benzene rings is 2. The van der Waals surface area contributed by atoms with Gasteiger partial charge in [-0.05, 0) is 47.0 Å². The Hall–Kier alpha value is -2.61. The van der Waals surface area contributed by atoms with Gasteiger partial charge in [-0.2, -0.15) is 0 Å². The average molecular weight is 451 g/mol. The molecule has 0 N–H and O–H groups in total. The lowest BCUT2D eigenvalue weighted by molar-refractivity contribution is -0.384. The van der Waals surface area contributed by atoms with Crippen LogP contribution in [0.25, 0.3) is 0 Å². The van der Waals surface area contributed by atoms with Gasteiger partial charge in [-0.15, -0.1) is 0 Å². The summed E-state index contributed by atoms with van der Waals surface area (Å²) in [5, 5.41) is 11.0. The zero-order chi connectivity index (χ0) is 20.8. The molecule has 2 aromatic carbocycles. The quantitative estimate of drug-likeness (QED) is 0.417. The summed E-state index contributed by atoms with van der Waals surface area (Å²) in [6, 6.07) is 9.25. The molecule has 1 unspecified atom stereocenters. The van der Waals surface area contributed by atoms with Crippen LogP contribution < -0.4 is 9.47 Å². The Balaban J connectivity index is 2.30. The maximum atomic E-state index is 13.0. The lowest BCUT2D eigenvalue weighted by Gasteiger charge is -2.26. The molecule has 28 heavy (non-hydrogen) atoms. The number of carbonyl (C=O) groups is 1. The smallest absolute Gasteiger partial charge is 0.269 e. The Labute approximate surface area is 172 Å². The summed E-state index contributed by atoms with van der Waals surface area (Å²) < 4.78 is 11.7. The lowest BCUT2D eigenvalue weighted by atomic mass is 10.1. The molecule has 2 aromatic rings. The molecule has 150 valence electrons. The number of nitrogens with zero attached hydrogens (tertiary/aromatic N) is 2. The van der Waals surface area contributed by atoms with Gasteiger partial charge in [0.2, 0.25) is 0 Å². The van der Waals surface area contributed by atoms with Crippen LogP contribution in [0, 0.1) is 10.1 Å². The Morgan fingerprint density at radius 3 is 2.64 bits per heavy atom. The summed E-state index contributed by atoms with van der Waals surface area (Å²) in [5.41, 5.74) is 1.10. The maximum Gasteiger partial charge on any atom is 0.269 e. The zero-order valence-electron chi connectivity index (χ0n) is 16.3. The van der Waals surface area contributed by atoms with Crippen LogP contribution in [0.4, 0.5) is 5.69 Å². The van der Waals surface area contributed by atoms with Crippen molar-refractivity contribution in [1.82, 2.24) is 4.90 Å². The van der Waals surface area contributed by atoms with E-state index in [0.717, 1.165) is 6.42 Å². The molecule has 0 aliphatic rings. The molecule has 8 heteroatoms. The Bertz CT molecular complexity index is 872. The van der Waals surface area contributed by atoms with Crippen molar-refractivity contribution >= 4 is 27.5 Å². The first kappa shape index (κ1) is 21.7. The molecular weight excluding hydrogens is 428 g/mol. The van der Waals surface area contributed by atoms with Gasteiger partial charge in [0.1, 0.15) is 0 Å². The predicted octanol–water partition coefficient (Wildman–Crippen LogP) is 4.99. The lowest BCUT2D eigenvalue weighted by Crippen LogP contribution is -2.29. The molecular formula is C20H23BrN2O5. The summed E-state index contributed by atoms with van der Waals surface area (Å²) >= 11 is 3.44. The highest BCUT2D eigenvalue weighted by molar-refractivity contribution is 9.10. The molecule has 1 amide bonds. The van der Waals surface area contributed by atoms with Crippen molar-refractivity contribution in [2.45, 2.75) is 26.3 Å². The van der Waals surface area contributed by atoms with Gasteiger partial charge in [0, 0.05) is 24.7 Å². The predicted molar refractivity (Wildman–Crippen MR) is 110 cm³/mol. The maximum absolute atomic E-state index is 13.0. The number of methoxy groups -OCH3 is 1. The first-order valence-corrected chi connectivity index (χ1v) is 9.61. The molecule has 0 spiro atoms. The monoisotopic (exact) mass is 450 g/mol. The van der Waals surface area contributed by atoms with E-state index in [9.17, 15) is 14.9 Å². The van der Waals surface area contributed by atoms with Crippen molar-refractivity contribution in [3.05, 3.63) is 62.1 Å². The van der Waals surface area contributed by atoms with Crippen LogP contribution in [0.1, 0.15) is 42.2 Å². The number of hydrogen-bond donors (Lipinski definition) is 0. The number of nitro benzene ring substituents is 1. The molecule has 0 fully saturated rings. The van der Waals surface area contributed by atoms with Crippen molar-refractivity contribution in [3.63, 3.8) is 0 Å². The molecule has 0 radical (unpaired) electrons. The molecule has 0 aliphatic heterocycles. The topological polar surface area (TPSA) is 81.9 Å². The number of carbonyl (C=O) groups excluding carboxylic acids is 1. The standard InChI is InChI=1S/C20H23BrN2O5/c1-5-9-28-19-17(21)11-15(12-18(19)27-4)20(24)22(3)13(2)14-7-6-8-16(10-14)23(25)26/h6-8,10-13H,5,9H2,1-4H3. The van der Waals surface area contributed by atoms with Crippen LogP contribution in [0.2, 0.25) is 0 Å². The van der Waals surface area contributed by atoms with E-state index < -0.39 is 4.92 Å². The number of non-ortho nitro benzene ring substituents is 1. The van der Waals surface area contributed by atoms with E-state index in [1.807, 2.05) is 13.8 Å². The Kier molecular flexibility index (Phi) is 7.39. The normalized spacial score (nSPS) is 11.6. The van der Waals surface area contributed by atoms with E-state index in [4.69, 9.17) is 9.47 Å². The summed E-state index contributed by atoms with van der Waals surface area (Å²) in [5.74, 6) is 0.776. The van der Waals surface area contributed by atoms with E-state index in [-0.39, 0.29) is 17.6 Å². The molecule has 0 saturated heterocycles. The fourth-order valence-electron chi connectivity index (χ4n) is 2.69. The molecule has 2 rings (SSSR count). The van der Waals surface area contributed by atoms with E-state index in [0.29, 0.717) is 33.7 Å². The van der Waals surface area contributed by atoms with Crippen LogP contribution in [-0.4, -0.2) is 36.5 Å². The molecule has 1 atom stereocenters. The number of amides is 1. The van der Waals surface area contributed by atoms with Crippen LogP contribution in [0.15, 0.2) is 40.9 Å². The second-order valence-corrected chi connectivity index (χ2v) is 7.14. The van der Waals surface area contributed by atoms with Gasteiger partial charge in [-0.25, -0.2) is 0 Å². The second kappa shape index (κ2) is 9.54. The van der Waals surface area contributed by atoms with Crippen LogP contribution in [-0.2, 0) is 0 Å². The van der Waals surface area contributed by atoms with Crippen LogP contribution in [0.3, 0.4) is 0 Å². The second-order valence-electron chi connectivity index (χ2n) is 6.28. The van der Waals surface area contributed by atoms with Gasteiger partial charge in [0.25, 0.3) is 11.6 Å². The third-order valence-corrected chi connectivity index (χ3v) is 4.98. The summed E-state index contributed by atoms with van der Waals surface area (Å²) in [7, 11) is 3.18. The van der Waals surface area contributed by atoms with Gasteiger partial charge in [-0.3, -0.25) is 14.9 Å². The zero-order valence-corrected chi connectivity index (χ0v) is 17.9. The number of halogens is 1. The highest BCUT2D eigenvalue weighted by Crippen LogP contribution is 2.37. The minimum absolute atomic E-state index is 0.00737. The van der Waals surface area contributed by atoms with Crippen molar-refractivity contribution < 1.29 is 19.2 Å². The van der Waals surface area contributed by atoms with E-state index in [1.54, 1.807) is 31.3 Å². The molecule has 0 aliphatic carbocycles. The van der Waals surface area contributed by atoms with Crippen LogP contribution in [0.5, 0.6) is 11.5 Å². The van der Waals surface area contributed by atoms with Crippen molar-refractivity contribution in [1.29, 1.82) is 0 Å². The first-order valence-electron chi connectivity index (χ1n) is 8.82. The number of rotatable bonds is 8. The molecule has 0 saturated carbocycles. The largest absolute Gasteiger partial charge is 0.493 e. The number of hydrogen-bond acceptors (Lipinski definition) is 5. The van der Waals surface area contributed by atoms with Gasteiger partial charge >= 0.3 is 0 Å². The summed E-state index contributed by atoms with van der Waals surface area (Å²) in [6.45, 7) is 4.36. The van der Waals surface area contributed by atoms with E-state index >= 15 is 0 Å². The Morgan fingerprint density at radius 2 is 2.04 bits per heavy atom. The Morgan fingerprint density at radius 1 is 1.32 bits per heavy atom. The van der Waals surface area contributed by atoms with Gasteiger partial charge < -0.3 is 14.4 Å². The van der Waals surface area contributed by atoms with Gasteiger partial charge in [0.15, 0.2) is 11.5 Å². The minimum atomic E-state index is -0.449. The van der Waals surface area contributed by atoms with Crippen LogP contribution >= 0.6 is 15.9 Å². The highest BCUT2D eigenvalue weighted by Gasteiger charge is 2.23. The fraction of sp³-hybridized carbons (Fsp3) is 0.350. The SMILES string of the molecule is CCCOc1c(Br)cc(C(=O)N(C)C(C)c2cccc([N+](=O)[O-])c2)cc1OC. The van der Waals surface area contributed by atoms with Crippen molar-refractivity contribution in [2.75, 3.05) is 20.8 Å².